The lowest BCUT2D eigenvalue weighted by Gasteiger charge is -2.33. The van der Waals surface area contributed by atoms with Crippen molar-refractivity contribution in [3.05, 3.63) is 198 Å². The first-order chi connectivity index (χ1) is 28.5. The van der Waals surface area contributed by atoms with Crippen molar-refractivity contribution in [1.82, 2.24) is 0 Å². The zero-order valence-electron chi connectivity index (χ0n) is 32.4. The average molecular weight is 746 g/mol. The van der Waals surface area contributed by atoms with Gasteiger partial charge in [-0.15, -0.1) is 0 Å². The second-order valence-corrected chi connectivity index (χ2v) is 16.3. The van der Waals surface area contributed by atoms with Crippen LogP contribution in [-0.2, 0) is 5.41 Å². The van der Waals surface area contributed by atoms with E-state index in [-0.39, 0.29) is 5.41 Å². The van der Waals surface area contributed by atoms with Gasteiger partial charge in [-0.2, -0.15) is 0 Å². The van der Waals surface area contributed by atoms with E-state index >= 15 is 0 Å². The maximum atomic E-state index is 6.84. The first kappa shape index (κ1) is 33.1. The number of anilines is 2. The molecule has 8 aromatic carbocycles. The minimum Gasteiger partial charge on any atom is -0.456 e. The van der Waals surface area contributed by atoms with Gasteiger partial charge in [-0.3, -0.25) is 0 Å². The summed E-state index contributed by atoms with van der Waals surface area (Å²) in [7, 11) is 0. The van der Waals surface area contributed by atoms with E-state index in [0.717, 1.165) is 79.2 Å². The van der Waals surface area contributed by atoms with Crippen LogP contribution in [0.15, 0.2) is 190 Å². The van der Waals surface area contributed by atoms with Crippen LogP contribution in [0.3, 0.4) is 0 Å². The van der Waals surface area contributed by atoms with E-state index in [9.17, 15) is 0 Å². The molecule has 0 saturated heterocycles. The van der Waals surface area contributed by atoms with Crippen LogP contribution < -0.4 is 4.90 Å². The van der Waals surface area contributed by atoms with Gasteiger partial charge in [0.05, 0.1) is 16.8 Å². The molecule has 0 atom stereocenters. The molecule has 2 heterocycles. The van der Waals surface area contributed by atoms with Crippen molar-refractivity contribution < 1.29 is 8.83 Å². The Morgan fingerprint density at radius 3 is 2.10 bits per heavy atom. The molecule has 0 saturated carbocycles. The van der Waals surface area contributed by atoms with Gasteiger partial charge in [0.1, 0.15) is 22.3 Å². The maximum absolute atomic E-state index is 6.84. The third-order valence-electron chi connectivity index (χ3n) is 12.7. The summed E-state index contributed by atoms with van der Waals surface area (Å²) < 4.78 is 13.1. The summed E-state index contributed by atoms with van der Waals surface area (Å²) in [6.45, 7) is 4.72. The smallest absolute Gasteiger partial charge is 0.143 e. The topological polar surface area (TPSA) is 29.5 Å². The molecule has 0 fully saturated rings. The van der Waals surface area contributed by atoms with Gasteiger partial charge in [-0.1, -0.05) is 147 Å². The Bertz CT molecular complexity index is 3390. The first-order valence-corrected chi connectivity index (χ1v) is 20.3. The summed E-state index contributed by atoms with van der Waals surface area (Å²) in [6, 6.07) is 59.4. The predicted molar refractivity (Wildman–Crippen MR) is 242 cm³/mol. The first-order valence-electron chi connectivity index (χ1n) is 20.3. The highest BCUT2D eigenvalue weighted by atomic mass is 16.3. The van der Waals surface area contributed by atoms with Gasteiger partial charge in [0.15, 0.2) is 0 Å². The molecule has 12 rings (SSSR count). The van der Waals surface area contributed by atoms with Gasteiger partial charge < -0.3 is 13.7 Å². The van der Waals surface area contributed by atoms with Crippen LogP contribution in [0, 0.1) is 0 Å². The van der Waals surface area contributed by atoms with Crippen LogP contribution in [-0.4, -0.2) is 0 Å². The third kappa shape index (κ3) is 4.74. The number of benzene rings is 8. The molecule has 58 heavy (non-hydrogen) atoms. The lowest BCUT2D eigenvalue weighted by molar-refractivity contribution is 0.660. The zero-order valence-corrected chi connectivity index (χ0v) is 32.4. The molecule has 0 N–H and O–H groups in total. The van der Waals surface area contributed by atoms with E-state index in [1.165, 1.54) is 49.9 Å². The molecular formula is C55H39NO2. The second-order valence-electron chi connectivity index (χ2n) is 16.3. The fraction of sp³-hybridized carbons (Fsp3) is 0.0909. The van der Waals surface area contributed by atoms with Gasteiger partial charge in [0.2, 0.25) is 0 Å². The Balaban J connectivity index is 1.14. The van der Waals surface area contributed by atoms with Gasteiger partial charge in [-0.25, -0.2) is 0 Å². The number of fused-ring (bicyclic) bond motifs is 11. The normalized spacial score (nSPS) is 14.6. The molecule has 0 radical (unpaired) electrons. The summed E-state index contributed by atoms with van der Waals surface area (Å²) >= 11 is 0. The monoisotopic (exact) mass is 745 g/mol. The fourth-order valence-electron chi connectivity index (χ4n) is 10.0. The van der Waals surface area contributed by atoms with Crippen molar-refractivity contribution in [3.63, 3.8) is 0 Å². The number of rotatable bonds is 5. The van der Waals surface area contributed by atoms with Crippen LogP contribution in [0.5, 0.6) is 0 Å². The van der Waals surface area contributed by atoms with Crippen LogP contribution in [0.25, 0.3) is 82.5 Å². The van der Waals surface area contributed by atoms with Crippen LogP contribution >= 0.6 is 0 Å². The predicted octanol–water partition coefficient (Wildman–Crippen LogP) is 15.5. The van der Waals surface area contributed by atoms with Gasteiger partial charge >= 0.3 is 0 Å². The van der Waals surface area contributed by atoms with E-state index in [1.54, 1.807) is 0 Å². The summed E-state index contributed by atoms with van der Waals surface area (Å²) in [5.41, 5.74) is 17.0. The third-order valence-corrected chi connectivity index (χ3v) is 12.7. The molecule has 0 amide bonds. The van der Waals surface area contributed by atoms with E-state index in [2.05, 4.69) is 189 Å². The zero-order chi connectivity index (χ0) is 38.5. The van der Waals surface area contributed by atoms with Crippen molar-refractivity contribution in [1.29, 1.82) is 0 Å². The van der Waals surface area contributed by atoms with Crippen molar-refractivity contribution in [2.45, 2.75) is 32.1 Å². The Labute approximate surface area is 336 Å². The molecule has 3 heteroatoms. The Kier molecular flexibility index (Phi) is 7.10. The SMILES string of the molecule is CC1(C)c2ccccc2-c2c(-c3ccccc3N(C3=CCCC=C3c3ccc4oc5ccccc5c4c3)c3cccc4oc5c6ccccc6ccc5c34)cccc21. The molecule has 3 nitrogen and oxygen atoms in total. The molecule has 2 aliphatic rings. The van der Waals surface area contributed by atoms with Gasteiger partial charge in [0, 0.05) is 43.8 Å². The fourth-order valence-corrected chi connectivity index (χ4v) is 10.0. The summed E-state index contributed by atoms with van der Waals surface area (Å²) in [4.78, 5) is 2.52. The standard InChI is InChI=1S/C55H39NO2/c1-55(2)44-22-9-5-20-41(44)52-40(21-13-23-45(52)55)38-18-7-11-25-47(38)56(48-26-14-28-51-53(48)42-31-29-34-15-3-4-17-37(34)54(42)58-51)46-24-10-6-16-36(46)35-30-32-50-43(33-35)39-19-8-12-27-49(39)57-50/h3-5,7-9,11-33H,6,10H2,1-2H3. The van der Waals surface area contributed by atoms with Gasteiger partial charge in [0.25, 0.3) is 0 Å². The van der Waals surface area contributed by atoms with Crippen LogP contribution in [0.2, 0.25) is 0 Å². The Morgan fingerprint density at radius 1 is 0.483 bits per heavy atom. The highest BCUT2D eigenvalue weighted by Gasteiger charge is 2.37. The van der Waals surface area contributed by atoms with Crippen LogP contribution in [0.4, 0.5) is 11.4 Å². The van der Waals surface area contributed by atoms with Crippen molar-refractivity contribution in [2.75, 3.05) is 4.90 Å². The minimum absolute atomic E-state index is 0.113. The Hall–Kier alpha value is -7.10. The lowest BCUT2D eigenvalue weighted by atomic mass is 9.82. The minimum atomic E-state index is -0.113. The van der Waals surface area contributed by atoms with Crippen LogP contribution in [0.1, 0.15) is 43.4 Å². The molecule has 2 aromatic heterocycles. The summed E-state index contributed by atoms with van der Waals surface area (Å²) in [6.07, 6.45) is 6.76. The highest BCUT2D eigenvalue weighted by Crippen LogP contribution is 2.54. The largest absolute Gasteiger partial charge is 0.456 e. The maximum Gasteiger partial charge on any atom is 0.143 e. The quantitative estimate of drug-likeness (QED) is 0.176. The highest BCUT2D eigenvalue weighted by molar-refractivity contribution is 6.20. The number of allylic oxidation sites excluding steroid dienone is 3. The molecule has 276 valence electrons. The average Bonchev–Trinajstić information content (AvgIpc) is 3.92. The Morgan fingerprint density at radius 2 is 1.17 bits per heavy atom. The molecule has 0 spiro atoms. The lowest BCUT2D eigenvalue weighted by Crippen LogP contribution is -2.20. The molecular weight excluding hydrogens is 707 g/mol. The molecule has 0 unspecified atom stereocenters. The molecule has 0 aliphatic heterocycles. The second kappa shape index (κ2) is 12.4. The van der Waals surface area contributed by atoms with E-state index in [1.807, 2.05) is 6.07 Å². The summed E-state index contributed by atoms with van der Waals surface area (Å²) in [5, 5.41) is 6.75. The van der Waals surface area contributed by atoms with Crippen molar-refractivity contribution in [3.8, 4) is 22.3 Å². The van der Waals surface area contributed by atoms with E-state index in [0.29, 0.717) is 0 Å². The van der Waals surface area contributed by atoms with E-state index in [4.69, 9.17) is 8.83 Å². The number of hydrogen-bond donors (Lipinski definition) is 0. The number of furan rings is 2. The number of nitrogens with zero attached hydrogens (tertiary/aromatic N) is 1. The van der Waals surface area contributed by atoms with Crippen molar-refractivity contribution in [2.24, 2.45) is 0 Å². The number of hydrogen-bond acceptors (Lipinski definition) is 3. The summed E-state index contributed by atoms with van der Waals surface area (Å²) in [5.74, 6) is 0. The molecule has 2 aliphatic carbocycles. The number of para-hydroxylation sites is 2. The van der Waals surface area contributed by atoms with E-state index < -0.39 is 0 Å². The molecule has 10 aromatic rings. The molecule has 0 bridgehead atoms. The van der Waals surface area contributed by atoms with Crippen molar-refractivity contribution >= 4 is 71.6 Å². The van der Waals surface area contributed by atoms with Gasteiger partial charge in [-0.05, 0) is 94.1 Å².